The van der Waals surface area contributed by atoms with Crippen LogP contribution in [0.15, 0.2) is 48.7 Å². The zero-order valence-electron chi connectivity index (χ0n) is 20.1. The van der Waals surface area contributed by atoms with Crippen molar-refractivity contribution in [3.8, 4) is 0 Å². The van der Waals surface area contributed by atoms with Crippen LogP contribution in [0.2, 0.25) is 0 Å². The molecule has 2 heterocycles. The zero-order chi connectivity index (χ0) is 26.5. The third-order valence-electron chi connectivity index (χ3n) is 6.52. The minimum Gasteiger partial charge on any atom is -0.475 e. The van der Waals surface area contributed by atoms with Crippen LogP contribution in [0, 0.1) is 11.3 Å². The number of likely N-dealkylation sites (tertiary alicyclic amines) is 1. The molecule has 0 bridgehead atoms. The average molecular weight is 507 g/mol. The van der Waals surface area contributed by atoms with Crippen LogP contribution in [0.5, 0.6) is 0 Å². The SMILES string of the molecule is CCc1ccc(NC(=O)N2CCC3(CC3C(=O)N(C)Cc3ccccn3)C2)cc1.O=C(O)C(F)(F)F. The van der Waals surface area contributed by atoms with E-state index in [1.807, 2.05) is 54.4 Å². The number of carboxylic acid groups (broad SMARTS) is 1. The molecule has 2 fully saturated rings. The number of carbonyl (C=O) groups is 3. The Balaban J connectivity index is 0.000000454. The maximum atomic E-state index is 12.9. The Morgan fingerprint density at radius 2 is 1.86 bits per heavy atom. The number of aliphatic carboxylic acids is 1. The summed E-state index contributed by atoms with van der Waals surface area (Å²) in [6.07, 6.45) is -0.598. The van der Waals surface area contributed by atoms with Gasteiger partial charge in [-0.15, -0.1) is 0 Å². The Hall–Kier alpha value is -3.63. The van der Waals surface area contributed by atoms with Crippen molar-refractivity contribution in [2.75, 3.05) is 25.5 Å². The highest BCUT2D eigenvalue weighted by atomic mass is 19.4. The van der Waals surface area contributed by atoms with Gasteiger partial charge in [-0.25, -0.2) is 9.59 Å². The van der Waals surface area contributed by atoms with Gasteiger partial charge in [-0.3, -0.25) is 9.78 Å². The molecule has 2 aromatic rings. The quantitative estimate of drug-likeness (QED) is 0.634. The summed E-state index contributed by atoms with van der Waals surface area (Å²) in [6, 6.07) is 13.6. The van der Waals surface area contributed by atoms with E-state index in [1.165, 1.54) is 5.56 Å². The Labute approximate surface area is 207 Å². The molecule has 194 valence electrons. The van der Waals surface area contributed by atoms with Crippen molar-refractivity contribution in [3.05, 3.63) is 59.9 Å². The summed E-state index contributed by atoms with van der Waals surface area (Å²) >= 11 is 0. The summed E-state index contributed by atoms with van der Waals surface area (Å²) in [6.45, 7) is 3.98. The number of aromatic nitrogens is 1. The van der Waals surface area contributed by atoms with Crippen molar-refractivity contribution in [1.82, 2.24) is 14.8 Å². The first-order chi connectivity index (χ1) is 16.9. The minimum absolute atomic E-state index is 0.0119. The second-order valence-corrected chi connectivity index (χ2v) is 9.09. The second kappa shape index (κ2) is 11.0. The van der Waals surface area contributed by atoms with Crippen LogP contribution >= 0.6 is 0 Å². The van der Waals surface area contributed by atoms with Crippen molar-refractivity contribution < 1.29 is 32.7 Å². The zero-order valence-corrected chi connectivity index (χ0v) is 20.1. The molecule has 1 saturated carbocycles. The first-order valence-electron chi connectivity index (χ1n) is 11.5. The number of pyridine rings is 1. The van der Waals surface area contributed by atoms with E-state index in [0.717, 1.165) is 30.6 Å². The fourth-order valence-electron chi connectivity index (χ4n) is 4.32. The number of aryl methyl sites for hydroxylation is 1. The second-order valence-electron chi connectivity index (χ2n) is 9.09. The molecule has 4 rings (SSSR count). The van der Waals surface area contributed by atoms with E-state index < -0.39 is 12.1 Å². The number of amides is 3. The van der Waals surface area contributed by atoms with Crippen LogP contribution in [0.4, 0.5) is 23.7 Å². The maximum absolute atomic E-state index is 12.9. The Morgan fingerprint density at radius 1 is 1.19 bits per heavy atom. The molecule has 2 N–H and O–H groups in total. The molecule has 1 aliphatic carbocycles. The minimum atomic E-state index is -5.08. The Kier molecular flexibility index (Phi) is 8.21. The first-order valence-corrected chi connectivity index (χ1v) is 11.5. The summed E-state index contributed by atoms with van der Waals surface area (Å²) in [5, 5.41) is 10.1. The molecule has 11 heteroatoms. The number of carboxylic acids is 1. The lowest BCUT2D eigenvalue weighted by Gasteiger charge is -2.20. The molecular formula is C25H29F3N4O4. The van der Waals surface area contributed by atoms with Gasteiger partial charge < -0.3 is 20.2 Å². The molecule has 1 saturated heterocycles. The molecule has 8 nitrogen and oxygen atoms in total. The number of hydrogen-bond donors (Lipinski definition) is 2. The number of halogens is 3. The van der Waals surface area contributed by atoms with Crippen molar-refractivity contribution in [3.63, 3.8) is 0 Å². The number of hydrogen-bond acceptors (Lipinski definition) is 4. The van der Waals surface area contributed by atoms with E-state index in [4.69, 9.17) is 9.90 Å². The summed E-state index contributed by atoms with van der Waals surface area (Å²) in [5.74, 6) is -2.58. The predicted molar refractivity (Wildman–Crippen MR) is 126 cm³/mol. The lowest BCUT2D eigenvalue weighted by Crippen LogP contribution is -2.34. The van der Waals surface area contributed by atoms with E-state index in [2.05, 4.69) is 17.2 Å². The van der Waals surface area contributed by atoms with Gasteiger partial charge in [0.15, 0.2) is 0 Å². The molecule has 36 heavy (non-hydrogen) atoms. The van der Waals surface area contributed by atoms with Gasteiger partial charge in [0.25, 0.3) is 0 Å². The van der Waals surface area contributed by atoms with Crippen LogP contribution in [-0.4, -0.2) is 64.1 Å². The van der Waals surface area contributed by atoms with Crippen LogP contribution in [0.25, 0.3) is 0 Å². The molecule has 2 atom stereocenters. The topological polar surface area (TPSA) is 103 Å². The highest BCUT2D eigenvalue weighted by molar-refractivity contribution is 5.90. The van der Waals surface area contributed by atoms with Crippen molar-refractivity contribution in [2.45, 2.75) is 38.9 Å². The number of benzene rings is 1. The number of alkyl halides is 3. The van der Waals surface area contributed by atoms with E-state index >= 15 is 0 Å². The highest BCUT2D eigenvalue weighted by Crippen LogP contribution is 2.59. The van der Waals surface area contributed by atoms with Gasteiger partial charge in [-0.1, -0.05) is 25.1 Å². The van der Waals surface area contributed by atoms with Gasteiger partial charge in [-0.2, -0.15) is 13.2 Å². The van der Waals surface area contributed by atoms with Crippen LogP contribution in [-0.2, 0) is 22.6 Å². The van der Waals surface area contributed by atoms with E-state index in [0.29, 0.717) is 19.6 Å². The molecule has 1 aliphatic heterocycles. The molecule has 3 amide bonds. The summed E-state index contributed by atoms with van der Waals surface area (Å²) in [4.78, 5) is 42.3. The third-order valence-corrected chi connectivity index (χ3v) is 6.52. The number of nitrogens with zero attached hydrogens (tertiary/aromatic N) is 3. The molecule has 1 aromatic heterocycles. The molecular weight excluding hydrogens is 477 g/mol. The molecule has 2 aliphatic rings. The first kappa shape index (κ1) is 27.0. The highest BCUT2D eigenvalue weighted by Gasteiger charge is 2.61. The number of urea groups is 1. The van der Waals surface area contributed by atoms with Crippen LogP contribution in [0.3, 0.4) is 0 Å². The standard InChI is InChI=1S/C23H28N4O2.C2HF3O2/c1-3-17-7-9-18(10-8-17)25-22(29)27-13-11-23(16-27)14-20(23)21(28)26(2)15-19-6-4-5-12-24-19;3-2(4,5)1(6)7/h4-10,12,20H,3,11,13-16H2,1-2H3,(H,25,29);(H,6,7). The smallest absolute Gasteiger partial charge is 0.475 e. The molecule has 0 radical (unpaired) electrons. The van der Waals surface area contributed by atoms with Crippen LogP contribution in [0.1, 0.15) is 31.0 Å². The lowest BCUT2D eigenvalue weighted by atomic mass is 10.0. The average Bonchev–Trinajstić information content (AvgIpc) is 3.37. The fourth-order valence-corrected chi connectivity index (χ4v) is 4.32. The number of carbonyl (C=O) groups excluding carboxylic acids is 2. The molecule has 2 unspecified atom stereocenters. The number of anilines is 1. The third kappa shape index (κ3) is 6.73. The van der Waals surface area contributed by atoms with Crippen molar-refractivity contribution in [1.29, 1.82) is 0 Å². The number of rotatable bonds is 5. The van der Waals surface area contributed by atoms with Gasteiger partial charge in [0, 0.05) is 43.4 Å². The van der Waals surface area contributed by atoms with Gasteiger partial charge in [0.2, 0.25) is 5.91 Å². The van der Waals surface area contributed by atoms with Gasteiger partial charge in [0.1, 0.15) is 0 Å². The van der Waals surface area contributed by atoms with Gasteiger partial charge >= 0.3 is 18.2 Å². The largest absolute Gasteiger partial charge is 0.490 e. The van der Waals surface area contributed by atoms with E-state index in [1.54, 1.807) is 11.1 Å². The lowest BCUT2D eigenvalue weighted by molar-refractivity contribution is -0.192. The van der Waals surface area contributed by atoms with Crippen molar-refractivity contribution >= 4 is 23.6 Å². The summed E-state index contributed by atoms with van der Waals surface area (Å²) < 4.78 is 31.7. The summed E-state index contributed by atoms with van der Waals surface area (Å²) in [7, 11) is 1.84. The van der Waals surface area contributed by atoms with E-state index in [9.17, 15) is 22.8 Å². The van der Waals surface area contributed by atoms with E-state index in [-0.39, 0.29) is 23.3 Å². The Bertz CT molecular complexity index is 1080. The molecule has 1 spiro atoms. The Morgan fingerprint density at radius 3 is 2.42 bits per heavy atom. The fraction of sp³-hybridized carbons (Fsp3) is 0.440. The maximum Gasteiger partial charge on any atom is 0.490 e. The van der Waals surface area contributed by atoms with Gasteiger partial charge in [-0.05, 0) is 49.1 Å². The predicted octanol–water partition coefficient (Wildman–Crippen LogP) is 4.18. The van der Waals surface area contributed by atoms with Crippen LogP contribution < -0.4 is 5.32 Å². The summed E-state index contributed by atoms with van der Waals surface area (Å²) in [5.41, 5.74) is 2.90. The van der Waals surface area contributed by atoms with Gasteiger partial charge in [0.05, 0.1) is 12.2 Å². The monoisotopic (exact) mass is 506 g/mol. The molecule has 1 aromatic carbocycles. The normalized spacial score (nSPS) is 20.4. The van der Waals surface area contributed by atoms with Crippen molar-refractivity contribution in [2.24, 2.45) is 11.3 Å². The number of nitrogens with one attached hydrogen (secondary N) is 1.